The van der Waals surface area contributed by atoms with Crippen molar-refractivity contribution in [2.45, 2.75) is 51.2 Å². The van der Waals surface area contributed by atoms with Crippen LogP contribution in [0.5, 0.6) is 0 Å². The number of ether oxygens (including phenoxy) is 1. The zero-order valence-corrected chi connectivity index (χ0v) is 12.8. The monoisotopic (exact) mass is 288 g/mol. The lowest BCUT2D eigenvalue weighted by Gasteiger charge is -2.36. The third kappa shape index (κ3) is 3.97. The van der Waals surface area contributed by atoms with E-state index in [1.54, 1.807) is 0 Å². The van der Waals surface area contributed by atoms with Gasteiger partial charge in [0.25, 0.3) is 0 Å². The predicted octanol–water partition coefficient (Wildman–Crippen LogP) is 3.40. The zero-order valence-electron chi connectivity index (χ0n) is 12.8. The first-order chi connectivity index (χ1) is 10.0. The SMILES string of the molecule is CC1(C)CC(Nc2cccc(NC(=O)C3CC3)c2)CCO1. The number of nitrogens with one attached hydrogen (secondary N) is 2. The van der Waals surface area contributed by atoms with Crippen molar-refractivity contribution in [3.63, 3.8) is 0 Å². The highest BCUT2D eigenvalue weighted by Gasteiger charge is 2.30. The Bertz CT molecular complexity index is 523. The van der Waals surface area contributed by atoms with Crippen molar-refractivity contribution in [3.05, 3.63) is 24.3 Å². The van der Waals surface area contributed by atoms with Crippen molar-refractivity contribution in [1.29, 1.82) is 0 Å². The summed E-state index contributed by atoms with van der Waals surface area (Å²) in [7, 11) is 0. The highest BCUT2D eigenvalue weighted by molar-refractivity contribution is 5.94. The smallest absolute Gasteiger partial charge is 0.227 e. The van der Waals surface area contributed by atoms with Crippen LogP contribution in [0.3, 0.4) is 0 Å². The second kappa shape index (κ2) is 5.68. The quantitative estimate of drug-likeness (QED) is 0.892. The summed E-state index contributed by atoms with van der Waals surface area (Å²) in [4.78, 5) is 11.8. The molecule has 0 spiro atoms. The lowest BCUT2D eigenvalue weighted by Crippen LogP contribution is -2.40. The van der Waals surface area contributed by atoms with Gasteiger partial charge in [-0.2, -0.15) is 0 Å². The number of amides is 1. The minimum atomic E-state index is -0.0618. The van der Waals surface area contributed by atoms with Gasteiger partial charge >= 0.3 is 0 Å². The molecule has 1 aliphatic carbocycles. The topological polar surface area (TPSA) is 50.4 Å². The number of anilines is 2. The minimum Gasteiger partial charge on any atom is -0.382 e. The van der Waals surface area contributed by atoms with Gasteiger partial charge < -0.3 is 15.4 Å². The molecule has 0 bridgehead atoms. The molecule has 1 heterocycles. The Morgan fingerprint density at radius 2 is 2.00 bits per heavy atom. The molecule has 2 N–H and O–H groups in total. The average molecular weight is 288 g/mol. The van der Waals surface area contributed by atoms with Crippen LogP contribution in [-0.4, -0.2) is 24.2 Å². The molecule has 1 aromatic rings. The Hall–Kier alpha value is -1.55. The van der Waals surface area contributed by atoms with Gasteiger partial charge in [0.1, 0.15) is 0 Å². The standard InChI is InChI=1S/C17H24N2O2/c1-17(2)11-15(8-9-21-17)18-13-4-3-5-14(10-13)19-16(20)12-6-7-12/h3-5,10,12,15,18H,6-9,11H2,1-2H3,(H,19,20). The van der Waals surface area contributed by atoms with Gasteiger partial charge in [0.15, 0.2) is 0 Å². The van der Waals surface area contributed by atoms with Crippen LogP contribution < -0.4 is 10.6 Å². The van der Waals surface area contributed by atoms with E-state index in [-0.39, 0.29) is 17.4 Å². The van der Waals surface area contributed by atoms with E-state index >= 15 is 0 Å². The summed E-state index contributed by atoms with van der Waals surface area (Å²) in [6.45, 7) is 5.06. The van der Waals surface area contributed by atoms with Crippen molar-refractivity contribution in [3.8, 4) is 0 Å². The van der Waals surface area contributed by atoms with E-state index in [4.69, 9.17) is 4.74 Å². The molecule has 0 aromatic heterocycles. The summed E-state index contributed by atoms with van der Waals surface area (Å²) in [5.41, 5.74) is 1.88. The minimum absolute atomic E-state index is 0.0618. The molecule has 0 radical (unpaired) electrons. The maximum Gasteiger partial charge on any atom is 0.227 e. The number of hydrogen-bond donors (Lipinski definition) is 2. The lowest BCUT2D eigenvalue weighted by molar-refractivity contribution is -0.117. The van der Waals surface area contributed by atoms with Gasteiger partial charge in [0.2, 0.25) is 5.91 Å². The molecular weight excluding hydrogens is 264 g/mol. The van der Waals surface area contributed by atoms with E-state index in [9.17, 15) is 4.79 Å². The van der Waals surface area contributed by atoms with Gasteiger partial charge in [-0.25, -0.2) is 0 Å². The molecule has 1 saturated carbocycles. The van der Waals surface area contributed by atoms with E-state index < -0.39 is 0 Å². The fourth-order valence-electron chi connectivity index (χ4n) is 2.87. The maximum absolute atomic E-state index is 11.8. The Morgan fingerprint density at radius 1 is 1.24 bits per heavy atom. The predicted molar refractivity (Wildman–Crippen MR) is 84.5 cm³/mol. The van der Waals surface area contributed by atoms with Crippen LogP contribution in [-0.2, 0) is 9.53 Å². The third-order valence-electron chi connectivity index (χ3n) is 4.15. The van der Waals surface area contributed by atoms with Gasteiger partial charge in [0.05, 0.1) is 5.60 Å². The van der Waals surface area contributed by atoms with Crippen molar-refractivity contribution >= 4 is 17.3 Å². The Kier molecular flexibility index (Phi) is 3.89. The number of hydrogen-bond acceptors (Lipinski definition) is 3. The molecule has 1 atom stereocenters. The molecule has 3 rings (SSSR count). The first-order valence-electron chi connectivity index (χ1n) is 7.83. The van der Waals surface area contributed by atoms with Crippen molar-refractivity contribution in [2.75, 3.05) is 17.2 Å². The summed E-state index contributed by atoms with van der Waals surface area (Å²) >= 11 is 0. The Balaban J connectivity index is 1.61. The summed E-state index contributed by atoms with van der Waals surface area (Å²) in [6.07, 6.45) is 4.07. The molecule has 4 heteroatoms. The number of benzene rings is 1. The number of carbonyl (C=O) groups is 1. The zero-order chi connectivity index (χ0) is 14.9. The summed E-state index contributed by atoms with van der Waals surface area (Å²) in [5, 5.41) is 6.56. The fraction of sp³-hybridized carbons (Fsp3) is 0.588. The second-order valence-electron chi connectivity index (χ2n) is 6.79. The molecule has 1 aliphatic heterocycles. The first-order valence-corrected chi connectivity index (χ1v) is 7.83. The highest BCUT2D eigenvalue weighted by atomic mass is 16.5. The highest BCUT2D eigenvalue weighted by Crippen LogP contribution is 2.31. The van der Waals surface area contributed by atoms with Gasteiger partial charge in [-0.05, 0) is 57.7 Å². The van der Waals surface area contributed by atoms with Crippen molar-refractivity contribution in [1.82, 2.24) is 0 Å². The van der Waals surface area contributed by atoms with Gasteiger partial charge in [-0.15, -0.1) is 0 Å². The molecule has 114 valence electrons. The summed E-state index contributed by atoms with van der Waals surface area (Å²) in [5.74, 6) is 0.386. The van der Waals surface area contributed by atoms with Crippen LogP contribution in [0.15, 0.2) is 24.3 Å². The van der Waals surface area contributed by atoms with E-state index in [1.165, 1.54) is 0 Å². The van der Waals surface area contributed by atoms with Crippen LogP contribution in [0.4, 0.5) is 11.4 Å². The van der Waals surface area contributed by atoms with Gasteiger partial charge in [0, 0.05) is 29.9 Å². The first kappa shape index (κ1) is 14.4. The molecule has 1 saturated heterocycles. The Morgan fingerprint density at radius 3 is 2.71 bits per heavy atom. The van der Waals surface area contributed by atoms with Crippen LogP contribution in [0.25, 0.3) is 0 Å². The van der Waals surface area contributed by atoms with E-state index in [0.29, 0.717) is 6.04 Å². The maximum atomic E-state index is 11.8. The van der Waals surface area contributed by atoms with Gasteiger partial charge in [-0.1, -0.05) is 6.07 Å². The van der Waals surface area contributed by atoms with Gasteiger partial charge in [-0.3, -0.25) is 4.79 Å². The van der Waals surface area contributed by atoms with Crippen LogP contribution in [0, 0.1) is 5.92 Å². The summed E-state index contributed by atoms with van der Waals surface area (Å²) in [6, 6.07) is 8.41. The molecular formula is C17H24N2O2. The molecule has 1 unspecified atom stereocenters. The normalized spacial score (nSPS) is 24.4. The molecule has 1 aromatic carbocycles. The van der Waals surface area contributed by atoms with Crippen LogP contribution >= 0.6 is 0 Å². The average Bonchev–Trinajstić information content (AvgIpc) is 3.22. The van der Waals surface area contributed by atoms with Crippen LogP contribution in [0.2, 0.25) is 0 Å². The third-order valence-corrected chi connectivity index (χ3v) is 4.15. The summed E-state index contributed by atoms with van der Waals surface area (Å²) < 4.78 is 5.75. The number of rotatable bonds is 4. The fourth-order valence-corrected chi connectivity index (χ4v) is 2.87. The largest absolute Gasteiger partial charge is 0.382 e. The Labute approximate surface area is 126 Å². The van der Waals surface area contributed by atoms with E-state index in [2.05, 4.69) is 30.5 Å². The lowest BCUT2D eigenvalue weighted by atomic mass is 9.94. The van der Waals surface area contributed by atoms with E-state index in [0.717, 1.165) is 43.7 Å². The van der Waals surface area contributed by atoms with E-state index in [1.807, 2.05) is 18.2 Å². The number of carbonyl (C=O) groups excluding carboxylic acids is 1. The van der Waals surface area contributed by atoms with Crippen molar-refractivity contribution in [2.24, 2.45) is 5.92 Å². The molecule has 4 nitrogen and oxygen atoms in total. The molecule has 1 amide bonds. The molecule has 2 fully saturated rings. The van der Waals surface area contributed by atoms with Crippen LogP contribution in [0.1, 0.15) is 39.5 Å². The molecule has 21 heavy (non-hydrogen) atoms. The molecule has 2 aliphatic rings. The second-order valence-corrected chi connectivity index (χ2v) is 6.79. The van der Waals surface area contributed by atoms with Crippen molar-refractivity contribution < 1.29 is 9.53 Å².